The summed E-state index contributed by atoms with van der Waals surface area (Å²) >= 11 is 0. The van der Waals surface area contributed by atoms with Gasteiger partial charge in [0.1, 0.15) is 11.6 Å². The van der Waals surface area contributed by atoms with Crippen LogP contribution in [0.4, 0.5) is 20.6 Å². The van der Waals surface area contributed by atoms with Crippen molar-refractivity contribution >= 4 is 23.3 Å². The number of anilines is 2. The van der Waals surface area contributed by atoms with Crippen LogP contribution in [-0.2, 0) is 0 Å². The smallest absolute Gasteiger partial charge is 0.325 e. The molecule has 0 saturated carbocycles. The molecule has 3 aromatic rings. The second kappa shape index (κ2) is 8.55. The lowest BCUT2D eigenvalue weighted by Crippen LogP contribution is -2.65. The third-order valence-corrected chi connectivity index (χ3v) is 7.29. The quantitative estimate of drug-likeness (QED) is 0.590. The zero-order valence-electron chi connectivity index (χ0n) is 20.0. The monoisotopic (exact) mass is 486 g/mol. The summed E-state index contributed by atoms with van der Waals surface area (Å²) in [5.41, 5.74) is 2.19. The molecular formula is C28H27FN4O3. The fraction of sp³-hybridized carbons (Fsp3) is 0.286. The van der Waals surface area contributed by atoms with Crippen LogP contribution in [0.2, 0.25) is 0 Å². The summed E-state index contributed by atoms with van der Waals surface area (Å²) in [7, 11) is 0. The van der Waals surface area contributed by atoms with Gasteiger partial charge in [-0.3, -0.25) is 9.69 Å². The molecule has 0 aromatic heterocycles. The molecule has 3 amide bonds. The van der Waals surface area contributed by atoms with Crippen molar-refractivity contribution in [3.8, 4) is 5.75 Å². The summed E-state index contributed by atoms with van der Waals surface area (Å²) in [4.78, 5) is 32.2. The van der Waals surface area contributed by atoms with Crippen molar-refractivity contribution in [1.82, 2.24) is 10.2 Å². The molecular weight excluding hydrogens is 459 g/mol. The lowest BCUT2D eigenvalue weighted by Gasteiger charge is -2.50. The number of urea groups is 1. The predicted octanol–water partition coefficient (Wildman–Crippen LogP) is 4.56. The number of hydrogen-bond acceptors (Lipinski definition) is 4. The topological polar surface area (TPSA) is 65.1 Å². The van der Waals surface area contributed by atoms with E-state index in [9.17, 15) is 14.0 Å². The third-order valence-electron chi connectivity index (χ3n) is 7.29. The molecule has 0 unspecified atom stereocenters. The number of halogens is 1. The number of piperazine rings is 1. The van der Waals surface area contributed by atoms with E-state index < -0.39 is 5.72 Å². The molecule has 0 radical (unpaired) electrons. The van der Waals surface area contributed by atoms with E-state index in [0.717, 1.165) is 17.0 Å². The van der Waals surface area contributed by atoms with Crippen LogP contribution in [-0.4, -0.2) is 48.7 Å². The summed E-state index contributed by atoms with van der Waals surface area (Å²) in [5.74, 6) is 0.417. The number of nitrogens with zero attached hydrogens (tertiary/aromatic N) is 3. The van der Waals surface area contributed by atoms with Crippen LogP contribution in [0.25, 0.3) is 0 Å². The van der Waals surface area contributed by atoms with E-state index in [-0.39, 0.29) is 23.8 Å². The molecule has 8 heteroatoms. The molecule has 7 nitrogen and oxygen atoms in total. The summed E-state index contributed by atoms with van der Waals surface area (Å²) in [6.45, 7) is 4.36. The lowest BCUT2D eigenvalue weighted by molar-refractivity contribution is 0.0378. The highest BCUT2D eigenvalue weighted by atomic mass is 19.1. The van der Waals surface area contributed by atoms with Gasteiger partial charge in [0.25, 0.3) is 5.91 Å². The van der Waals surface area contributed by atoms with Gasteiger partial charge in [0.05, 0.1) is 11.7 Å². The number of amides is 3. The highest BCUT2D eigenvalue weighted by Gasteiger charge is 2.49. The van der Waals surface area contributed by atoms with Crippen LogP contribution in [0.3, 0.4) is 0 Å². The van der Waals surface area contributed by atoms with Crippen LogP contribution in [0, 0.1) is 5.82 Å². The highest BCUT2D eigenvalue weighted by Crippen LogP contribution is 2.45. The van der Waals surface area contributed by atoms with Crippen molar-refractivity contribution in [2.24, 2.45) is 0 Å². The molecule has 184 valence electrons. The standard InChI is InChI=1S/C28H27FN4O3/c1-28-18-24(23-7-2-3-8-25(23)36-28)30-27(35)33(28)22-6-4-5-19(17-22)26(34)32-15-13-31(14-16-32)21-11-9-20(29)10-12-21/h2-12,17,24H,13-16,18H2,1H3,(H,30,35)/t24-,28+/m1/s1. The first-order chi connectivity index (χ1) is 17.4. The van der Waals surface area contributed by atoms with Crippen molar-refractivity contribution < 1.29 is 18.7 Å². The molecule has 36 heavy (non-hydrogen) atoms. The number of rotatable bonds is 3. The Bertz CT molecular complexity index is 1320. The van der Waals surface area contributed by atoms with E-state index >= 15 is 0 Å². The van der Waals surface area contributed by atoms with Gasteiger partial charge in [-0.25, -0.2) is 9.18 Å². The molecule has 3 heterocycles. The maximum Gasteiger partial charge on any atom is 0.325 e. The minimum atomic E-state index is -0.871. The second-order valence-electron chi connectivity index (χ2n) is 9.66. The van der Waals surface area contributed by atoms with Crippen molar-refractivity contribution in [3.05, 3.63) is 89.7 Å². The summed E-state index contributed by atoms with van der Waals surface area (Å²) in [6, 6.07) is 21.0. The second-order valence-corrected chi connectivity index (χ2v) is 9.66. The Hall–Kier alpha value is -4.07. The minimum Gasteiger partial charge on any atom is -0.467 e. The maximum absolute atomic E-state index is 13.4. The van der Waals surface area contributed by atoms with Gasteiger partial charge >= 0.3 is 6.03 Å². The van der Waals surface area contributed by atoms with Crippen LogP contribution >= 0.6 is 0 Å². The number of ether oxygens (including phenoxy) is 1. The van der Waals surface area contributed by atoms with Crippen LogP contribution in [0.1, 0.15) is 35.3 Å². The maximum atomic E-state index is 13.4. The highest BCUT2D eigenvalue weighted by molar-refractivity contribution is 5.99. The molecule has 0 spiro atoms. The number of carbonyl (C=O) groups excluding carboxylic acids is 2. The van der Waals surface area contributed by atoms with Gasteiger partial charge < -0.3 is 19.9 Å². The Morgan fingerprint density at radius 3 is 2.50 bits per heavy atom. The number of nitrogens with one attached hydrogen (secondary N) is 1. The summed E-state index contributed by atoms with van der Waals surface area (Å²) < 4.78 is 19.6. The van der Waals surface area contributed by atoms with E-state index in [0.29, 0.717) is 43.9 Å². The molecule has 3 aliphatic rings. The normalized spacial score (nSPS) is 23.0. The number of fused-ring (bicyclic) bond motifs is 4. The third kappa shape index (κ3) is 3.82. The summed E-state index contributed by atoms with van der Waals surface area (Å²) in [6.07, 6.45) is 0.597. The first-order valence-electron chi connectivity index (χ1n) is 12.2. The van der Waals surface area contributed by atoms with Gasteiger partial charge in [0.2, 0.25) is 0 Å². The Balaban J connectivity index is 1.20. The minimum absolute atomic E-state index is 0.0778. The fourth-order valence-corrected chi connectivity index (χ4v) is 5.49. The van der Waals surface area contributed by atoms with Gasteiger partial charge in [0.15, 0.2) is 5.72 Å². The molecule has 0 aliphatic carbocycles. The number of carbonyl (C=O) groups is 2. The SMILES string of the molecule is C[C@]12C[C@@H](NC(=O)N1c1cccc(C(=O)N3CCN(c4ccc(F)cc4)CC3)c1)c1ccccc1O2. The van der Waals surface area contributed by atoms with E-state index in [4.69, 9.17) is 4.74 Å². The Kier molecular flexibility index (Phi) is 5.32. The van der Waals surface area contributed by atoms with Crippen LogP contribution in [0.5, 0.6) is 5.75 Å². The molecule has 6 rings (SSSR count). The van der Waals surface area contributed by atoms with Gasteiger partial charge in [0, 0.05) is 49.4 Å². The van der Waals surface area contributed by atoms with Crippen LogP contribution in [0.15, 0.2) is 72.8 Å². The molecule has 2 saturated heterocycles. The first-order valence-corrected chi connectivity index (χ1v) is 12.2. The van der Waals surface area contributed by atoms with Crippen molar-refractivity contribution in [2.75, 3.05) is 36.0 Å². The number of para-hydroxylation sites is 1. The first kappa shape index (κ1) is 22.4. The van der Waals surface area contributed by atoms with E-state index in [1.54, 1.807) is 35.2 Å². The van der Waals surface area contributed by atoms with Crippen molar-refractivity contribution in [1.29, 1.82) is 0 Å². The molecule has 2 fully saturated rings. The molecule has 2 bridgehead atoms. The van der Waals surface area contributed by atoms with Crippen LogP contribution < -0.4 is 19.9 Å². The zero-order valence-corrected chi connectivity index (χ0v) is 20.0. The Morgan fingerprint density at radius 2 is 1.72 bits per heavy atom. The van der Waals surface area contributed by atoms with Gasteiger partial charge in [-0.1, -0.05) is 24.3 Å². The lowest BCUT2D eigenvalue weighted by atomic mass is 9.90. The predicted molar refractivity (Wildman–Crippen MR) is 135 cm³/mol. The van der Waals surface area contributed by atoms with E-state index in [1.807, 2.05) is 42.2 Å². The zero-order chi connectivity index (χ0) is 24.9. The Morgan fingerprint density at radius 1 is 0.972 bits per heavy atom. The van der Waals surface area contributed by atoms with Gasteiger partial charge in [-0.2, -0.15) is 0 Å². The molecule has 3 aliphatic heterocycles. The molecule has 2 atom stereocenters. The van der Waals surface area contributed by atoms with Crippen molar-refractivity contribution in [2.45, 2.75) is 25.1 Å². The number of hydrogen-bond donors (Lipinski definition) is 1. The molecule has 3 aromatic carbocycles. The summed E-state index contributed by atoms with van der Waals surface area (Å²) in [5, 5.41) is 3.10. The Labute approximate surface area is 209 Å². The van der Waals surface area contributed by atoms with Gasteiger partial charge in [-0.05, 0) is 55.5 Å². The average Bonchev–Trinajstić information content (AvgIpc) is 2.88. The number of benzene rings is 3. The van der Waals surface area contributed by atoms with Crippen molar-refractivity contribution in [3.63, 3.8) is 0 Å². The largest absolute Gasteiger partial charge is 0.467 e. The molecule has 1 N–H and O–H groups in total. The van der Waals surface area contributed by atoms with Gasteiger partial charge in [-0.15, -0.1) is 0 Å². The van der Waals surface area contributed by atoms with E-state index in [2.05, 4.69) is 10.2 Å². The average molecular weight is 487 g/mol. The fourth-order valence-electron chi connectivity index (χ4n) is 5.49. The van der Waals surface area contributed by atoms with E-state index in [1.165, 1.54) is 12.1 Å².